The summed E-state index contributed by atoms with van der Waals surface area (Å²) in [6, 6.07) is 7.18. The van der Waals surface area contributed by atoms with Gasteiger partial charge in [-0.05, 0) is 56.8 Å². The van der Waals surface area contributed by atoms with Crippen molar-refractivity contribution in [2.24, 2.45) is 4.99 Å². The van der Waals surface area contributed by atoms with Gasteiger partial charge in [0, 0.05) is 42.6 Å². The number of aliphatic imine (C=N–C) groups is 1. The molecule has 3 rings (SSSR count). The van der Waals surface area contributed by atoms with Crippen molar-refractivity contribution in [1.29, 1.82) is 0 Å². The maximum Gasteiger partial charge on any atom is 0.229 e. The van der Waals surface area contributed by atoms with Gasteiger partial charge in [0.2, 0.25) is 11.9 Å². The van der Waals surface area contributed by atoms with Gasteiger partial charge in [0.05, 0.1) is 26.0 Å². The average Bonchev–Trinajstić information content (AvgIpc) is 2.77. The highest BCUT2D eigenvalue weighted by molar-refractivity contribution is 7.80. The number of hydrogen-bond acceptors (Lipinski definition) is 7. The number of anilines is 2. The van der Waals surface area contributed by atoms with E-state index in [0.29, 0.717) is 40.0 Å². The monoisotopic (exact) mass is 491 g/mol. The summed E-state index contributed by atoms with van der Waals surface area (Å²) in [7, 11) is 1.59. The van der Waals surface area contributed by atoms with Crippen molar-refractivity contribution in [3.8, 4) is 5.75 Å². The van der Waals surface area contributed by atoms with Gasteiger partial charge in [0.25, 0.3) is 0 Å². The van der Waals surface area contributed by atoms with E-state index in [-0.39, 0.29) is 0 Å². The number of nitrogens with one attached hydrogen (secondary N) is 3. The van der Waals surface area contributed by atoms with E-state index in [1.807, 2.05) is 19.9 Å². The van der Waals surface area contributed by atoms with Crippen LogP contribution >= 0.6 is 23.8 Å². The molecular formula is C22H30ClN7O2S. The van der Waals surface area contributed by atoms with Crippen LogP contribution in [0.5, 0.6) is 5.75 Å². The molecule has 9 nitrogen and oxygen atoms in total. The van der Waals surface area contributed by atoms with Crippen molar-refractivity contribution >= 4 is 46.5 Å². The highest BCUT2D eigenvalue weighted by Crippen LogP contribution is 2.27. The molecule has 1 aliphatic heterocycles. The van der Waals surface area contributed by atoms with Gasteiger partial charge in [-0.25, -0.2) is 9.97 Å². The van der Waals surface area contributed by atoms with Crippen LogP contribution in [-0.2, 0) is 4.74 Å². The number of aromatic nitrogens is 2. The number of rotatable bonds is 7. The van der Waals surface area contributed by atoms with Crippen LogP contribution in [0.2, 0.25) is 5.02 Å². The summed E-state index contributed by atoms with van der Waals surface area (Å²) in [5.74, 6) is 1.54. The Balaban J connectivity index is 1.67. The molecule has 0 aliphatic carbocycles. The number of morpholine rings is 1. The van der Waals surface area contributed by atoms with Crippen molar-refractivity contribution in [2.45, 2.75) is 20.3 Å². The molecule has 0 atom stereocenters. The number of halogens is 1. The Morgan fingerprint density at radius 2 is 1.91 bits per heavy atom. The first-order valence-electron chi connectivity index (χ1n) is 10.8. The minimum Gasteiger partial charge on any atom is -0.495 e. The predicted octanol–water partition coefficient (Wildman–Crippen LogP) is 3.23. The zero-order chi connectivity index (χ0) is 23.6. The Labute approximate surface area is 204 Å². The van der Waals surface area contributed by atoms with E-state index in [1.54, 1.807) is 25.3 Å². The molecule has 3 N–H and O–H groups in total. The van der Waals surface area contributed by atoms with Gasteiger partial charge < -0.3 is 20.1 Å². The molecule has 1 aromatic carbocycles. The quantitative estimate of drug-likeness (QED) is 0.233. The van der Waals surface area contributed by atoms with E-state index in [1.165, 1.54) is 0 Å². The number of thiocarbonyl (C=S) groups is 1. The van der Waals surface area contributed by atoms with Gasteiger partial charge in [0.15, 0.2) is 5.11 Å². The lowest BCUT2D eigenvalue weighted by Crippen LogP contribution is -2.39. The molecule has 1 aliphatic rings. The standard InChI is InChI=1S/C22H30ClN7O2S/c1-15-13-16(2)26-21(25-15)28-20(24-7-4-8-30-9-11-32-12-10-30)29-22(33)27-18-14-17(23)5-6-19(18)31-3/h5-6,13-14H,4,7-12H2,1-3H3,(H3,24,25,26,27,28,29,33). The first kappa shape index (κ1) is 25.1. The normalized spacial score (nSPS) is 14.6. The lowest BCUT2D eigenvalue weighted by molar-refractivity contribution is 0.0377. The minimum atomic E-state index is 0.333. The van der Waals surface area contributed by atoms with Gasteiger partial charge in [-0.15, -0.1) is 0 Å². The third-order valence-electron chi connectivity index (χ3n) is 4.86. The molecule has 1 aromatic heterocycles. The number of methoxy groups -OCH3 is 1. The minimum absolute atomic E-state index is 0.333. The first-order valence-corrected chi connectivity index (χ1v) is 11.6. The van der Waals surface area contributed by atoms with Crippen LogP contribution in [0.4, 0.5) is 11.6 Å². The molecule has 2 aromatic rings. The van der Waals surface area contributed by atoms with E-state index in [2.05, 4.69) is 35.8 Å². The van der Waals surface area contributed by atoms with Crippen LogP contribution in [-0.4, -0.2) is 72.4 Å². The van der Waals surface area contributed by atoms with Crippen molar-refractivity contribution in [3.63, 3.8) is 0 Å². The molecule has 1 fully saturated rings. The van der Waals surface area contributed by atoms with Gasteiger partial charge in [-0.1, -0.05) is 11.6 Å². The molecule has 0 bridgehead atoms. The maximum absolute atomic E-state index is 6.12. The molecule has 0 radical (unpaired) electrons. The molecule has 11 heteroatoms. The highest BCUT2D eigenvalue weighted by atomic mass is 35.5. The van der Waals surface area contributed by atoms with Crippen LogP contribution in [0, 0.1) is 13.8 Å². The van der Waals surface area contributed by atoms with E-state index in [0.717, 1.165) is 50.7 Å². The Kier molecular flexibility index (Phi) is 9.61. The summed E-state index contributed by atoms with van der Waals surface area (Å²) in [5, 5.41) is 10.3. The molecular weight excluding hydrogens is 462 g/mol. The number of guanidine groups is 1. The Hall–Kier alpha value is -2.53. The second kappa shape index (κ2) is 12.6. The highest BCUT2D eigenvalue weighted by Gasteiger charge is 2.11. The molecule has 0 unspecified atom stereocenters. The number of aryl methyl sites for hydroxylation is 2. The smallest absolute Gasteiger partial charge is 0.229 e. The van der Waals surface area contributed by atoms with Gasteiger partial charge in [-0.2, -0.15) is 0 Å². The lowest BCUT2D eigenvalue weighted by atomic mass is 10.3. The Morgan fingerprint density at radius 1 is 1.18 bits per heavy atom. The molecule has 1 saturated heterocycles. The molecule has 2 heterocycles. The molecule has 0 amide bonds. The summed E-state index contributed by atoms with van der Waals surface area (Å²) in [6.07, 6.45) is 0.906. The molecule has 0 spiro atoms. The van der Waals surface area contributed by atoms with Crippen molar-refractivity contribution in [2.75, 3.05) is 57.1 Å². The van der Waals surface area contributed by atoms with E-state index >= 15 is 0 Å². The second-order valence-electron chi connectivity index (χ2n) is 7.56. The van der Waals surface area contributed by atoms with Crippen LogP contribution < -0.4 is 20.7 Å². The lowest BCUT2D eigenvalue weighted by Gasteiger charge is -2.26. The number of benzene rings is 1. The maximum atomic E-state index is 6.12. The topological polar surface area (TPSA) is 95.9 Å². The fraction of sp³-hybridized carbons (Fsp3) is 0.455. The van der Waals surface area contributed by atoms with Crippen LogP contribution in [0.1, 0.15) is 17.8 Å². The third-order valence-corrected chi connectivity index (χ3v) is 5.30. The Morgan fingerprint density at radius 3 is 2.61 bits per heavy atom. The fourth-order valence-electron chi connectivity index (χ4n) is 3.35. The van der Waals surface area contributed by atoms with Crippen LogP contribution in [0.25, 0.3) is 0 Å². The van der Waals surface area contributed by atoms with Gasteiger partial charge >= 0.3 is 0 Å². The summed E-state index contributed by atoms with van der Waals surface area (Å²) in [5.41, 5.74) is 2.37. The molecule has 33 heavy (non-hydrogen) atoms. The van der Waals surface area contributed by atoms with E-state index in [9.17, 15) is 0 Å². The largest absolute Gasteiger partial charge is 0.495 e. The number of nitrogens with zero attached hydrogens (tertiary/aromatic N) is 4. The SMILES string of the molecule is COc1ccc(Cl)cc1NC(=S)NC(=NCCCN1CCOCC1)Nc1nc(C)cc(C)n1. The number of hydrogen-bond donors (Lipinski definition) is 3. The van der Waals surface area contributed by atoms with Gasteiger partial charge in [-0.3, -0.25) is 15.2 Å². The molecule has 0 saturated carbocycles. The van der Waals surface area contributed by atoms with E-state index in [4.69, 9.17) is 33.3 Å². The van der Waals surface area contributed by atoms with Crippen molar-refractivity contribution in [3.05, 3.63) is 40.7 Å². The van der Waals surface area contributed by atoms with Crippen molar-refractivity contribution < 1.29 is 9.47 Å². The summed E-state index contributed by atoms with van der Waals surface area (Å²) in [6.45, 7) is 8.90. The van der Waals surface area contributed by atoms with Crippen LogP contribution in [0.3, 0.4) is 0 Å². The molecule has 178 valence electrons. The van der Waals surface area contributed by atoms with Crippen molar-refractivity contribution in [1.82, 2.24) is 20.2 Å². The van der Waals surface area contributed by atoms with Gasteiger partial charge in [0.1, 0.15) is 5.75 Å². The predicted molar refractivity (Wildman–Crippen MR) is 137 cm³/mol. The zero-order valence-electron chi connectivity index (χ0n) is 19.2. The third kappa shape index (κ3) is 8.39. The Bertz CT molecular complexity index is 963. The summed E-state index contributed by atoms with van der Waals surface area (Å²) >= 11 is 11.6. The number of ether oxygens (including phenoxy) is 2. The van der Waals surface area contributed by atoms with Crippen LogP contribution in [0.15, 0.2) is 29.3 Å². The first-order chi connectivity index (χ1) is 15.9. The summed E-state index contributed by atoms with van der Waals surface area (Å²) in [4.78, 5) is 15.9. The average molecular weight is 492 g/mol. The van der Waals surface area contributed by atoms with E-state index < -0.39 is 0 Å². The second-order valence-corrected chi connectivity index (χ2v) is 8.41. The summed E-state index contributed by atoms with van der Waals surface area (Å²) < 4.78 is 10.8. The fourth-order valence-corrected chi connectivity index (χ4v) is 3.73. The zero-order valence-corrected chi connectivity index (χ0v) is 20.7.